The molecule has 5 rings (SSSR count). The first-order valence-corrected chi connectivity index (χ1v) is 17.7. The summed E-state index contributed by atoms with van der Waals surface area (Å²) in [6.07, 6.45) is -7.48. The van der Waals surface area contributed by atoms with Gasteiger partial charge >= 0.3 is 17.9 Å². The van der Waals surface area contributed by atoms with Gasteiger partial charge < -0.3 is 74.4 Å². The van der Waals surface area contributed by atoms with E-state index in [4.69, 9.17) is 28.4 Å². The Morgan fingerprint density at radius 2 is 1.19 bits per heavy atom. The smallest absolute Gasteiger partial charge is 0.331 e. The monoisotopic (exact) mass is 810 g/mol. The van der Waals surface area contributed by atoms with E-state index in [1.54, 1.807) is 0 Å². The van der Waals surface area contributed by atoms with E-state index in [0.29, 0.717) is 16.7 Å². The highest BCUT2D eigenvalue weighted by Gasteiger charge is 2.61. The Morgan fingerprint density at radius 3 is 1.78 bits per heavy atom. The summed E-state index contributed by atoms with van der Waals surface area (Å²) in [5.41, 5.74) is 1.39. The zero-order valence-electron chi connectivity index (χ0n) is 30.5. The maximum atomic E-state index is 13.0. The zero-order valence-corrected chi connectivity index (χ0v) is 30.5. The summed E-state index contributed by atoms with van der Waals surface area (Å²) in [4.78, 5) is 37.9. The van der Waals surface area contributed by atoms with Crippen LogP contribution in [0.1, 0.15) is 23.1 Å². The maximum absolute atomic E-state index is 13.0. The van der Waals surface area contributed by atoms with Crippen molar-refractivity contribution >= 4 is 36.1 Å². The Balaban J connectivity index is 1.28. The second-order valence-electron chi connectivity index (χ2n) is 13.1. The summed E-state index contributed by atoms with van der Waals surface area (Å²) in [7, 11) is 0. The third kappa shape index (κ3) is 11.2. The molecule has 0 radical (unpaired) electrons. The van der Waals surface area contributed by atoms with Gasteiger partial charge in [0.1, 0.15) is 55.2 Å². The van der Waals surface area contributed by atoms with Crippen LogP contribution in [0.25, 0.3) is 18.2 Å². The molecule has 9 atom stereocenters. The second kappa shape index (κ2) is 19.5. The van der Waals surface area contributed by atoms with Crippen molar-refractivity contribution < 1.29 is 88.8 Å². The van der Waals surface area contributed by atoms with Gasteiger partial charge in [-0.1, -0.05) is 30.3 Å². The van der Waals surface area contributed by atoms with Gasteiger partial charge in [-0.3, -0.25) is 0 Å². The first-order valence-electron chi connectivity index (χ1n) is 17.7. The molecule has 18 heteroatoms. The Morgan fingerprint density at radius 1 is 0.638 bits per heavy atom. The first kappa shape index (κ1) is 43.3. The van der Waals surface area contributed by atoms with E-state index in [1.807, 2.05) is 0 Å². The number of hydrogen-bond acceptors (Lipinski definition) is 18. The molecule has 310 valence electrons. The fourth-order valence-corrected chi connectivity index (χ4v) is 5.86. The van der Waals surface area contributed by atoms with Gasteiger partial charge in [0.25, 0.3) is 0 Å². The second-order valence-corrected chi connectivity index (χ2v) is 13.1. The highest BCUT2D eigenvalue weighted by Crippen LogP contribution is 2.38. The van der Waals surface area contributed by atoms with E-state index in [-0.39, 0.29) is 30.3 Å². The van der Waals surface area contributed by atoms with E-state index in [1.165, 1.54) is 85.0 Å². The minimum Gasteiger partial charge on any atom is -0.508 e. The zero-order chi connectivity index (χ0) is 42.0. The van der Waals surface area contributed by atoms with E-state index < -0.39 is 91.7 Å². The quantitative estimate of drug-likeness (QED) is 0.0440. The molecule has 18 nitrogen and oxygen atoms in total. The fraction of sp³-hybridized carbons (Fsp3) is 0.325. The Kier molecular flexibility index (Phi) is 14.6. The van der Waals surface area contributed by atoms with E-state index in [9.17, 15) is 60.3 Å². The lowest BCUT2D eigenvalue weighted by molar-refractivity contribution is -0.382. The van der Waals surface area contributed by atoms with Gasteiger partial charge in [-0.25, -0.2) is 14.4 Å². The number of esters is 3. The molecular formula is C40H42O18. The largest absolute Gasteiger partial charge is 0.508 e. The molecule has 3 aromatic carbocycles. The predicted molar refractivity (Wildman–Crippen MR) is 198 cm³/mol. The normalized spacial score (nSPS) is 27.3. The molecule has 2 aliphatic heterocycles. The van der Waals surface area contributed by atoms with E-state index in [0.717, 1.165) is 18.2 Å². The molecule has 0 amide bonds. The third-order valence-corrected chi connectivity index (χ3v) is 8.98. The molecule has 58 heavy (non-hydrogen) atoms. The van der Waals surface area contributed by atoms with Crippen LogP contribution in [0, 0.1) is 0 Å². The molecule has 1 unspecified atom stereocenters. The molecule has 0 aliphatic carbocycles. The third-order valence-electron chi connectivity index (χ3n) is 8.98. The SMILES string of the molecule is O=C(/C=C/c1ccc(O)c(O)c1)OCC[C@H]1O[C@@H](OC2(CO)O[C@H](COC(=O)/C=C/c3ccc(O)cc3)[C@@H](O)[C@@H]2OC(=O)/C=C/c2ccc(O)cc2)[C@H](O)[C@@H](O)[C@@H]1O. The number of phenolic OH excluding ortho intramolecular Hbond substituents is 4. The number of hydrogen-bond donors (Lipinski definition) is 9. The minimum atomic E-state index is -2.54. The van der Waals surface area contributed by atoms with Crippen molar-refractivity contribution in [2.45, 2.75) is 61.2 Å². The summed E-state index contributed by atoms with van der Waals surface area (Å²) in [5, 5.41) is 92.4. The van der Waals surface area contributed by atoms with Gasteiger partial charge in [-0.2, -0.15) is 0 Å². The lowest BCUT2D eigenvalue weighted by Crippen LogP contribution is -2.62. The maximum Gasteiger partial charge on any atom is 0.331 e. The standard InChI is InChI=1S/C40H42O18/c41-21-40(58-39-37(52)36(51)34(49)29(55-39)17-18-53-31(46)15-8-24-5-13-27(44)28(45)19-24)38(56-33(48)16-7-23-3-11-26(43)12-4-23)35(50)30(57-40)20-54-32(47)14-6-22-1-9-25(42)10-2-22/h1-16,19,29-30,34-39,41-45,49-52H,17-18,20-21H2/b14-6+,15-8+,16-7+/t29-,30-,34-,35-,36+,37-,38+,39+,40?/m1/s1. The van der Waals surface area contributed by atoms with Crippen LogP contribution in [-0.4, -0.2) is 138 Å². The number of carbonyl (C=O) groups excluding carboxylic acids is 3. The van der Waals surface area contributed by atoms with Gasteiger partial charge in [-0.05, 0) is 71.3 Å². The van der Waals surface area contributed by atoms with Crippen molar-refractivity contribution in [3.8, 4) is 23.0 Å². The van der Waals surface area contributed by atoms with Crippen molar-refractivity contribution in [3.05, 3.63) is 102 Å². The van der Waals surface area contributed by atoms with Crippen LogP contribution in [0.3, 0.4) is 0 Å². The van der Waals surface area contributed by atoms with Gasteiger partial charge in [0.05, 0.1) is 12.7 Å². The Bertz CT molecular complexity index is 1960. The molecule has 0 saturated carbocycles. The molecule has 0 aromatic heterocycles. The predicted octanol–water partition coefficient (Wildman–Crippen LogP) is 0.610. The van der Waals surface area contributed by atoms with Crippen LogP contribution >= 0.6 is 0 Å². The van der Waals surface area contributed by atoms with Crippen LogP contribution < -0.4 is 0 Å². The molecule has 2 saturated heterocycles. The summed E-state index contributed by atoms with van der Waals surface area (Å²) in [5.74, 6) is -6.11. The van der Waals surface area contributed by atoms with Crippen LogP contribution in [0.5, 0.6) is 23.0 Å². The van der Waals surface area contributed by atoms with Crippen molar-refractivity contribution in [1.82, 2.24) is 0 Å². The van der Waals surface area contributed by atoms with Gasteiger partial charge in [0.15, 0.2) is 23.9 Å². The number of phenols is 4. The highest BCUT2D eigenvalue weighted by atomic mass is 16.8. The van der Waals surface area contributed by atoms with Crippen LogP contribution in [0.4, 0.5) is 0 Å². The summed E-state index contributed by atoms with van der Waals surface area (Å²) in [6.45, 7) is -2.23. The number of aromatic hydroxyl groups is 4. The lowest BCUT2D eigenvalue weighted by Gasteiger charge is -2.44. The van der Waals surface area contributed by atoms with Crippen LogP contribution in [0.2, 0.25) is 0 Å². The van der Waals surface area contributed by atoms with Crippen LogP contribution in [-0.2, 0) is 42.8 Å². The average Bonchev–Trinajstić information content (AvgIpc) is 3.46. The van der Waals surface area contributed by atoms with Crippen molar-refractivity contribution in [1.29, 1.82) is 0 Å². The molecule has 0 spiro atoms. The highest BCUT2D eigenvalue weighted by molar-refractivity contribution is 5.88. The minimum absolute atomic E-state index is 0.0150. The molecule has 2 fully saturated rings. The summed E-state index contributed by atoms with van der Waals surface area (Å²) >= 11 is 0. The number of carbonyl (C=O) groups is 3. The number of ether oxygens (including phenoxy) is 6. The van der Waals surface area contributed by atoms with E-state index >= 15 is 0 Å². The number of rotatable bonds is 15. The van der Waals surface area contributed by atoms with Crippen molar-refractivity contribution in [3.63, 3.8) is 0 Å². The van der Waals surface area contributed by atoms with Gasteiger partial charge in [-0.15, -0.1) is 0 Å². The molecular weight excluding hydrogens is 768 g/mol. The number of benzene rings is 3. The topological polar surface area (TPSA) is 289 Å². The van der Waals surface area contributed by atoms with Gasteiger partial charge in [0, 0.05) is 24.6 Å². The number of aliphatic hydroxyl groups is 5. The number of aliphatic hydroxyl groups excluding tert-OH is 5. The Labute approximate surface area is 330 Å². The lowest BCUT2D eigenvalue weighted by atomic mass is 9.96. The molecule has 2 aliphatic rings. The summed E-state index contributed by atoms with van der Waals surface area (Å²) in [6, 6.07) is 15.5. The first-order chi connectivity index (χ1) is 27.7. The van der Waals surface area contributed by atoms with Crippen LogP contribution in [0.15, 0.2) is 85.0 Å². The molecule has 2 heterocycles. The average molecular weight is 811 g/mol. The van der Waals surface area contributed by atoms with Crippen molar-refractivity contribution in [2.75, 3.05) is 19.8 Å². The molecule has 9 N–H and O–H groups in total. The van der Waals surface area contributed by atoms with Gasteiger partial charge in [0.2, 0.25) is 5.79 Å². The fourth-order valence-electron chi connectivity index (χ4n) is 5.86. The molecule has 0 bridgehead atoms. The summed E-state index contributed by atoms with van der Waals surface area (Å²) < 4.78 is 33.3. The van der Waals surface area contributed by atoms with E-state index in [2.05, 4.69) is 0 Å². The van der Waals surface area contributed by atoms with Crippen molar-refractivity contribution in [2.24, 2.45) is 0 Å². The Hall–Kier alpha value is -5.83. The molecule has 3 aromatic rings.